The van der Waals surface area contributed by atoms with Crippen molar-refractivity contribution in [3.63, 3.8) is 0 Å². The molecule has 2 unspecified atom stereocenters. The van der Waals surface area contributed by atoms with Gasteiger partial charge in [-0.25, -0.2) is 0 Å². The summed E-state index contributed by atoms with van der Waals surface area (Å²) in [5.74, 6) is 2.57. The van der Waals surface area contributed by atoms with Crippen LogP contribution < -0.4 is 0 Å². The topological polar surface area (TPSA) is 27.1 Å². The van der Waals surface area contributed by atoms with E-state index < -0.39 is 0 Å². The van der Waals surface area contributed by atoms with Crippen LogP contribution in [0.25, 0.3) is 0 Å². The van der Waals surface area contributed by atoms with Crippen LogP contribution in [0.5, 0.6) is 0 Å². The van der Waals surface area contributed by atoms with E-state index in [0.29, 0.717) is 5.92 Å². The summed E-state index contributed by atoms with van der Waals surface area (Å²) in [6, 6.07) is 0.767. The molecule has 0 amide bonds. The van der Waals surface area contributed by atoms with Gasteiger partial charge in [0.15, 0.2) is 0 Å². The maximum Gasteiger partial charge on any atom is 0.0992 e. The number of nitrogens with one attached hydrogen (secondary N) is 1. The highest BCUT2D eigenvalue weighted by molar-refractivity contribution is 5.84. The molecule has 1 heterocycles. The second-order valence-corrected chi connectivity index (χ2v) is 4.64. The molecule has 0 aromatic carbocycles. The normalized spacial score (nSPS) is 39.2. The van der Waals surface area contributed by atoms with Crippen LogP contribution in [0.15, 0.2) is 0 Å². The monoisotopic (exact) mass is 164 g/mol. The van der Waals surface area contributed by atoms with Gasteiger partial charge in [-0.2, -0.15) is 0 Å². The van der Waals surface area contributed by atoms with Crippen LogP contribution in [0.3, 0.4) is 0 Å². The summed E-state index contributed by atoms with van der Waals surface area (Å²) in [4.78, 5) is 2.39. The van der Waals surface area contributed by atoms with Crippen molar-refractivity contribution in [1.82, 2.24) is 4.90 Å². The summed E-state index contributed by atoms with van der Waals surface area (Å²) in [6.45, 7) is 1.21. The van der Waals surface area contributed by atoms with Gasteiger partial charge in [-0.1, -0.05) is 0 Å². The molecular weight excluding hydrogens is 148 g/mol. The largest absolute Gasteiger partial charge is 0.357 e. The Bertz CT molecular complexity index is 220. The van der Waals surface area contributed by atoms with Gasteiger partial charge in [0.1, 0.15) is 0 Å². The molecule has 0 aromatic rings. The predicted molar refractivity (Wildman–Crippen MR) is 48.3 cm³/mol. The highest BCUT2D eigenvalue weighted by Crippen LogP contribution is 2.41. The Morgan fingerprint density at radius 2 is 2.00 bits per heavy atom. The van der Waals surface area contributed by atoms with Crippen molar-refractivity contribution in [3.05, 3.63) is 0 Å². The SMILES string of the molecule is N=C(C1CC1)N1CC2CCC1C2. The van der Waals surface area contributed by atoms with E-state index in [0.717, 1.165) is 17.8 Å². The van der Waals surface area contributed by atoms with Crippen molar-refractivity contribution in [1.29, 1.82) is 5.41 Å². The third-order valence-corrected chi connectivity index (χ3v) is 3.68. The van der Waals surface area contributed by atoms with E-state index in [1.54, 1.807) is 0 Å². The fourth-order valence-corrected chi connectivity index (χ4v) is 2.81. The summed E-state index contributed by atoms with van der Waals surface area (Å²) in [5.41, 5.74) is 0. The van der Waals surface area contributed by atoms with Gasteiger partial charge in [0.2, 0.25) is 0 Å². The number of fused-ring (bicyclic) bond motifs is 2. The Morgan fingerprint density at radius 1 is 1.17 bits per heavy atom. The molecule has 2 aliphatic carbocycles. The first-order valence-corrected chi connectivity index (χ1v) is 5.19. The van der Waals surface area contributed by atoms with Crippen LogP contribution in [-0.2, 0) is 0 Å². The van der Waals surface area contributed by atoms with Gasteiger partial charge in [-0.05, 0) is 38.0 Å². The molecule has 2 bridgehead atoms. The first kappa shape index (κ1) is 6.93. The van der Waals surface area contributed by atoms with Crippen LogP contribution in [0, 0.1) is 17.2 Å². The molecule has 2 heteroatoms. The molecule has 1 aliphatic heterocycles. The highest BCUT2D eigenvalue weighted by atomic mass is 15.2. The van der Waals surface area contributed by atoms with Crippen molar-refractivity contribution >= 4 is 5.84 Å². The number of hydrogen-bond donors (Lipinski definition) is 1. The molecule has 0 aromatic heterocycles. The van der Waals surface area contributed by atoms with Gasteiger partial charge < -0.3 is 4.90 Å². The average Bonchev–Trinajstić information content (AvgIpc) is 2.73. The second kappa shape index (κ2) is 2.24. The maximum atomic E-state index is 7.98. The molecule has 1 N–H and O–H groups in total. The van der Waals surface area contributed by atoms with E-state index in [1.807, 2.05) is 0 Å². The quantitative estimate of drug-likeness (QED) is 0.465. The summed E-state index contributed by atoms with van der Waals surface area (Å²) >= 11 is 0. The van der Waals surface area contributed by atoms with Crippen LogP contribution in [0.2, 0.25) is 0 Å². The van der Waals surface area contributed by atoms with E-state index in [1.165, 1.54) is 38.6 Å². The minimum atomic E-state index is 0.657. The van der Waals surface area contributed by atoms with Gasteiger partial charge >= 0.3 is 0 Å². The van der Waals surface area contributed by atoms with Crippen LogP contribution in [0.4, 0.5) is 0 Å². The minimum Gasteiger partial charge on any atom is -0.357 e. The molecule has 2 saturated carbocycles. The minimum absolute atomic E-state index is 0.657. The molecular formula is C10H16N2. The van der Waals surface area contributed by atoms with Gasteiger partial charge in [0, 0.05) is 18.5 Å². The third-order valence-electron chi connectivity index (χ3n) is 3.68. The predicted octanol–water partition coefficient (Wildman–Crippen LogP) is 1.86. The Hall–Kier alpha value is -0.530. The zero-order chi connectivity index (χ0) is 8.13. The van der Waals surface area contributed by atoms with Gasteiger partial charge in [-0.15, -0.1) is 0 Å². The molecule has 3 rings (SSSR count). The van der Waals surface area contributed by atoms with E-state index in [2.05, 4.69) is 4.90 Å². The van der Waals surface area contributed by atoms with E-state index in [9.17, 15) is 0 Å². The molecule has 3 fully saturated rings. The zero-order valence-corrected chi connectivity index (χ0v) is 7.42. The molecule has 2 nitrogen and oxygen atoms in total. The van der Waals surface area contributed by atoms with Crippen LogP contribution >= 0.6 is 0 Å². The highest BCUT2D eigenvalue weighted by Gasteiger charge is 2.42. The van der Waals surface area contributed by atoms with Crippen molar-refractivity contribution in [2.45, 2.75) is 38.1 Å². The molecule has 2 atom stereocenters. The van der Waals surface area contributed by atoms with Gasteiger partial charge in [-0.3, -0.25) is 5.41 Å². The number of hydrogen-bond acceptors (Lipinski definition) is 1. The standard InChI is InChI=1S/C10H16N2/c11-10(8-2-3-8)12-6-7-1-4-9(12)5-7/h7-9,11H,1-6H2. The number of nitrogens with zero attached hydrogens (tertiary/aromatic N) is 1. The molecule has 0 radical (unpaired) electrons. The Labute approximate surface area is 73.5 Å². The first-order chi connectivity index (χ1) is 5.84. The lowest BCUT2D eigenvalue weighted by Crippen LogP contribution is -2.38. The van der Waals surface area contributed by atoms with Gasteiger partial charge in [0.05, 0.1) is 5.84 Å². The van der Waals surface area contributed by atoms with Crippen molar-refractivity contribution in [3.8, 4) is 0 Å². The van der Waals surface area contributed by atoms with Crippen molar-refractivity contribution in [2.24, 2.45) is 11.8 Å². The lowest BCUT2D eigenvalue weighted by atomic mass is 10.1. The zero-order valence-electron chi connectivity index (χ0n) is 7.42. The summed E-state index contributed by atoms with van der Waals surface area (Å²) in [6.07, 6.45) is 6.74. The maximum absolute atomic E-state index is 7.98. The molecule has 3 aliphatic rings. The van der Waals surface area contributed by atoms with E-state index in [-0.39, 0.29) is 0 Å². The molecule has 1 saturated heterocycles. The van der Waals surface area contributed by atoms with Gasteiger partial charge in [0.25, 0.3) is 0 Å². The van der Waals surface area contributed by atoms with Crippen LogP contribution in [0.1, 0.15) is 32.1 Å². The van der Waals surface area contributed by atoms with Crippen molar-refractivity contribution < 1.29 is 0 Å². The van der Waals surface area contributed by atoms with E-state index >= 15 is 0 Å². The fraction of sp³-hybridized carbons (Fsp3) is 0.900. The lowest BCUT2D eigenvalue weighted by molar-refractivity contribution is 0.318. The molecule has 0 spiro atoms. The number of piperidine rings is 1. The number of rotatable bonds is 1. The first-order valence-electron chi connectivity index (χ1n) is 5.19. The fourth-order valence-electron chi connectivity index (χ4n) is 2.81. The smallest absolute Gasteiger partial charge is 0.0992 e. The summed E-state index contributed by atoms with van der Waals surface area (Å²) in [7, 11) is 0. The molecule has 66 valence electrons. The number of likely N-dealkylation sites (tertiary alicyclic amines) is 1. The molecule has 12 heavy (non-hydrogen) atoms. The van der Waals surface area contributed by atoms with Crippen LogP contribution in [-0.4, -0.2) is 23.3 Å². The van der Waals surface area contributed by atoms with Crippen molar-refractivity contribution in [2.75, 3.05) is 6.54 Å². The lowest BCUT2D eigenvalue weighted by Gasteiger charge is -2.29. The number of amidine groups is 1. The Morgan fingerprint density at radius 3 is 2.50 bits per heavy atom. The Kier molecular flexibility index (Phi) is 1.29. The second-order valence-electron chi connectivity index (χ2n) is 4.64. The summed E-state index contributed by atoms with van der Waals surface area (Å²) in [5, 5.41) is 7.98. The Balaban J connectivity index is 1.73. The van der Waals surface area contributed by atoms with E-state index in [4.69, 9.17) is 5.41 Å². The average molecular weight is 164 g/mol. The third kappa shape index (κ3) is 0.900. The summed E-state index contributed by atoms with van der Waals surface area (Å²) < 4.78 is 0.